The number of amides is 3. The molecule has 0 aliphatic carbocycles. The van der Waals surface area contributed by atoms with Crippen molar-refractivity contribution >= 4 is 34.2 Å². The highest BCUT2D eigenvalue weighted by Gasteiger charge is 2.20. The zero-order chi connectivity index (χ0) is 15.9. The first kappa shape index (κ1) is 16.5. The van der Waals surface area contributed by atoms with Crippen LogP contribution >= 0.6 is 15.9 Å². The van der Waals surface area contributed by atoms with Crippen LogP contribution in [0.1, 0.15) is 5.56 Å². The Bertz CT molecular complexity index is 539. The maximum Gasteiger partial charge on any atom is 0.242 e. The van der Waals surface area contributed by atoms with E-state index in [9.17, 15) is 14.4 Å². The van der Waals surface area contributed by atoms with Crippen LogP contribution in [0.25, 0.3) is 0 Å². The molecule has 0 bridgehead atoms. The van der Waals surface area contributed by atoms with E-state index in [0.29, 0.717) is 26.2 Å². The second-order valence-corrected chi connectivity index (χ2v) is 6.02. The predicted octanol–water partition coefficient (Wildman–Crippen LogP) is 0.408. The molecule has 1 aliphatic heterocycles. The van der Waals surface area contributed by atoms with Crippen LogP contribution in [-0.2, 0) is 20.8 Å². The van der Waals surface area contributed by atoms with Crippen LogP contribution in [0.5, 0.6) is 0 Å². The highest BCUT2D eigenvalue weighted by Crippen LogP contribution is 2.10. The van der Waals surface area contributed by atoms with Gasteiger partial charge in [0.1, 0.15) is 0 Å². The average Bonchev–Trinajstić information content (AvgIpc) is 2.55. The lowest BCUT2D eigenvalue weighted by Crippen LogP contribution is -2.50. The molecule has 1 N–H and O–H groups in total. The van der Waals surface area contributed by atoms with Gasteiger partial charge in [-0.3, -0.25) is 14.4 Å². The zero-order valence-corrected chi connectivity index (χ0v) is 13.7. The lowest BCUT2D eigenvalue weighted by atomic mass is 10.1. The van der Waals surface area contributed by atoms with Gasteiger partial charge in [0.2, 0.25) is 18.2 Å². The van der Waals surface area contributed by atoms with Crippen molar-refractivity contribution in [2.24, 2.45) is 0 Å². The molecule has 0 unspecified atom stereocenters. The van der Waals surface area contributed by atoms with Gasteiger partial charge in [-0.05, 0) is 17.7 Å². The number of nitrogens with zero attached hydrogens (tertiary/aromatic N) is 2. The van der Waals surface area contributed by atoms with E-state index < -0.39 is 0 Å². The smallest absolute Gasteiger partial charge is 0.242 e. The third-order valence-corrected chi connectivity index (χ3v) is 4.06. The number of piperazine rings is 1. The number of nitrogens with one attached hydrogen (secondary N) is 1. The summed E-state index contributed by atoms with van der Waals surface area (Å²) in [4.78, 5) is 37.7. The van der Waals surface area contributed by atoms with E-state index in [1.807, 2.05) is 24.3 Å². The molecule has 1 aliphatic rings. The van der Waals surface area contributed by atoms with Gasteiger partial charge in [-0.1, -0.05) is 28.1 Å². The Morgan fingerprint density at radius 2 is 1.77 bits per heavy atom. The maximum absolute atomic E-state index is 12.0. The van der Waals surface area contributed by atoms with Gasteiger partial charge in [-0.25, -0.2) is 0 Å². The third kappa shape index (κ3) is 4.84. The van der Waals surface area contributed by atoms with Crippen LogP contribution in [0.3, 0.4) is 0 Å². The molecular formula is C15H18BrN3O3. The fraction of sp³-hybridized carbons (Fsp3) is 0.400. The summed E-state index contributed by atoms with van der Waals surface area (Å²) in [5.74, 6) is -0.295. The molecule has 0 saturated carbocycles. The van der Waals surface area contributed by atoms with Gasteiger partial charge < -0.3 is 15.1 Å². The Kier molecular flexibility index (Phi) is 5.94. The first-order chi connectivity index (χ1) is 10.6. The molecule has 6 nitrogen and oxygen atoms in total. The van der Waals surface area contributed by atoms with Crippen molar-refractivity contribution in [3.05, 3.63) is 34.3 Å². The van der Waals surface area contributed by atoms with Gasteiger partial charge in [0.25, 0.3) is 0 Å². The number of carbonyl (C=O) groups excluding carboxylic acids is 3. The minimum absolute atomic E-state index is 0.00352. The molecule has 1 saturated heterocycles. The molecule has 0 radical (unpaired) electrons. The summed E-state index contributed by atoms with van der Waals surface area (Å²) in [5, 5.41) is 2.64. The highest BCUT2D eigenvalue weighted by molar-refractivity contribution is 9.10. The average molecular weight is 368 g/mol. The monoisotopic (exact) mass is 367 g/mol. The molecule has 1 heterocycles. The Labute approximate surface area is 137 Å². The maximum atomic E-state index is 12.0. The van der Waals surface area contributed by atoms with Gasteiger partial charge in [-0.15, -0.1) is 0 Å². The highest BCUT2D eigenvalue weighted by atomic mass is 79.9. The van der Waals surface area contributed by atoms with Crippen molar-refractivity contribution in [1.29, 1.82) is 0 Å². The molecular weight excluding hydrogens is 350 g/mol. The Morgan fingerprint density at radius 1 is 1.14 bits per heavy atom. The number of rotatable bonds is 5. The molecule has 7 heteroatoms. The lowest BCUT2D eigenvalue weighted by Gasteiger charge is -2.32. The number of benzene rings is 1. The summed E-state index contributed by atoms with van der Waals surface area (Å²) in [5.41, 5.74) is 0.896. The van der Waals surface area contributed by atoms with Crippen molar-refractivity contribution in [3.63, 3.8) is 0 Å². The minimum Gasteiger partial charge on any atom is -0.347 e. The quantitative estimate of drug-likeness (QED) is 0.766. The summed E-state index contributed by atoms with van der Waals surface area (Å²) >= 11 is 3.34. The SMILES string of the molecule is O=CN1CCN(C(=O)CNC(=O)Cc2ccc(Br)cc2)CC1. The molecule has 1 fully saturated rings. The topological polar surface area (TPSA) is 69.7 Å². The van der Waals surface area contributed by atoms with E-state index in [2.05, 4.69) is 21.2 Å². The third-order valence-electron chi connectivity index (χ3n) is 3.53. The van der Waals surface area contributed by atoms with Crippen molar-refractivity contribution < 1.29 is 14.4 Å². The number of carbonyl (C=O) groups is 3. The largest absolute Gasteiger partial charge is 0.347 e. The fourth-order valence-corrected chi connectivity index (χ4v) is 2.48. The number of hydrogen-bond donors (Lipinski definition) is 1. The van der Waals surface area contributed by atoms with Crippen LogP contribution in [0, 0.1) is 0 Å². The second-order valence-electron chi connectivity index (χ2n) is 5.10. The minimum atomic E-state index is -0.179. The first-order valence-electron chi connectivity index (χ1n) is 7.07. The van der Waals surface area contributed by atoms with E-state index in [1.54, 1.807) is 9.80 Å². The molecule has 1 aromatic carbocycles. The molecule has 3 amide bonds. The summed E-state index contributed by atoms with van der Waals surface area (Å²) < 4.78 is 0.960. The first-order valence-corrected chi connectivity index (χ1v) is 7.86. The molecule has 118 valence electrons. The van der Waals surface area contributed by atoms with Gasteiger partial charge >= 0.3 is 0 Å². The molecule has 2 rings (SSSR count). The summed E-state index contributed by atoms with van der Waals surface area (Å²) in [6, 6.07) is 7.48. The van der Waals surface area contributed by atoms with Crippen LogP contribution in [-0.4, -0.2) is 60.7 Å². The molecule has 0 aromatic heterocycles. The van der Waals surface area contributed by atoms with Crippen LogP contribution in [0.4, 0.5) is 0 Å². The lowest BCUT2D eigenvalue weighted by molar-refractivity contribution is -0.135. The normalized spacial score (nSPS) is 14.6. The fourth-order valence-electron chi connectivity index (χ4n) is 2.21. The Hall–Kier alpha value is -1.89. The van der Waals surface area contributed by atoms with Crippen LogP contribution in [0.15, 0.2) is 28.7 Å². The Balaban J connectivity index is 1.73. The number of halogens is 1. The Morgan fingerprint density at radius 3 is 2.36 bits per heavy atom. The van der Waals surface area contributed by atoms with Gasteiger partial charge in [0.15, 0.2) is 0 Å². The molecule has 22 heavy (non-hydrogen) atoms. The van der Waals surface area contributed by atoms with Crippen LogP contribution in [0.2, 0.25) is 0 Å². The van der Waals surface area contributed by atoms with E-state index in [-0.39, 0.29) is 24.8 Å². The van der Waals surface area contributed by atoms with Crippen molar-refractivity contribution in [2.75, 3.05) is 32.7 Å². The van der Waals surface area contributed by atoms with E-state index >= 15 is 0 Å². The number of hydrogen-bond acceptors (Lipinski definition) is 3. The molecule has 0 spiro atoms. The van der Waals surface area contributed by atoms with Crippen LogP contribution < -0.4 is 5.32 Å². The molecule has 0 atom stereocenters. The second kappa shape index (κ2) is 7.93. The van der Waals surface area contributed by atoms with Crippen molar-refractivity contribution in [1.82, 2.24) is 15.1 Å². The predicted molar refractivity (Wildman–Crippen MR) is 85.1 cm³/mol. The van der Waals surface area contributed by atoms with Gasteiger partial charge in [0, 0.05) is 30.7 Å². The summed E-state index contributed by atoms with van der Waals surface area (Å²) in [7, 11) is 0. The van der Waals surface area contributed by atoms with E-state index in [1.165, 1.54) is 0 Å². The zero-order valence-electron chi connectivity index (χ0n) is 12.1. The van der Waals surface area contributed by atoms with E-state index in [0.717, 1.165) is 16.4 Å². The summed E-state index contributed by atoms with van der Waals surface area (Å²) in [6.45, 7) is 2.11. The van der Waals surface area contributed by atoms with Gasteiger partial charge in [0.05, 0.1) is 13.0 Å². The summed E-state index contributed by atoms with van der Waals surface area (Å²) in [6.07, 6.45) is 1.04. The van der Waals surface area contributed by atoms with E-state index in [4.69, 9.17) is 0 Å². The van der Waals surface area contributed by atoms with Crippen molar-refractivity contribution in [3.8, 4) is 0 Å². The van der Waals surface area contributed by atoms with Gasteiger partial charge in [-0.2, -0.15) is 0 Å². The van der Waals surface area contributed by atoms with Crippen molar-refractivity contribution in [2.45, 2.75) is 6.42 Å². The standard InChI is InChI=1S/C15H18BrN3O3/c16-13-3-1-12(2-4-13)9-14(21)17-10-15(22)19-7-5-18(11-20)6-8-19/h1-4,11H,5-10H2,(H,17,21). The molecule has 1 aromatic rings.